The maximum absolute atomic E-state index is 13.3. The lowest BCUT2D eigenvalue weighted by Gasteiger charge is -2.42. The maximum Gasteiger partial charge on any atom is 0.123 e. The number of aliphatic hydroxyl groups excluding tert-OH is 1. The van der Waals surface area contributed by atoms with Crippen LogP contribution >= 0.6 is 11.6 Å². The van der Waals surface area contributed by atoms with Crippen molar-refractivity contribution in [3.8, 4) is 11.3 Å². The fraction of sp³-hybridized carbons (Fsp3) is 0.440. The third-order valence-corrected chi connectivity index (χ3v) is 6.57. The van der Waals surface area contributed by atoms with Crippen molar-refractivity contribution in [2.75, 3.05) is 13.1 Å². The second-order valence-corrected chi connectivity index (χ2v) is 9.02. The molecule has 4 rings (SSSR count). The monoisotopic (exact) mass is 456 g/mol. The molecule has 7 heteroatoms. The minimum Gasteiger partial charge on any atom is -0.391 e. The average Bonchev–Trinajstić information content (AvgIpc) is 3.28. The molecule has 3 atom stereocenters. The van der Waals surface area contributed by atoms with Crippen LogP contribution in [0.3, 0.4) is 0 Å². The van der Waals surface area contributed by atoms with Crippen LogP contribution in [0.1, 0.15) is 56.7 Å². The van der Waals surface area contributed by atoms with E-state index in [1.54, 1.807) is 16.8 Å². The molecular weight excluding hydrogens is 427 g/mol. The average molecular weight is 457 g/mol. The van der Waals surface area contributed by atoms with Crippen LogP contribution < -0.4 is 0 Å². The summed E-state index contributed by atoms with van der Waals surface area (Å²) in [4.78, 5) is 2.45. The fourth-order valence-corrected chi connectivity index (χ4v) is 4.62. The lowest BCUT2D eigenvalue weighted by Crippen LogP contribution is -2.46. The molecule has 2 heterocycles. The van der Waals surface area contributed by atoms with E-state index >= 15 is 0 Å². The van der Waals surface area contributed by atoms with Crippen LogP contribution in [0.4, 0.5) is 4.39 Å². The smallest absolute Gasteiger partial charge is 0.123 e. The van der Waals surface area contributed by atoms with E-state index in [0.717, 1.165) is 18.5 Å². The molecule has 32 heavy (non-hydrogen) atoms. The summed E-state index contributed by atoms with van der Waals surface area (Å²) >= 11 is 6.10. The summed E-state index contributed by atoms with van der Waals surface area (Å²) in [6.45, 7) is 3.87. The lowest BCUT2D eigenvalue weighted by atomic mass is 9.90. The Kier molecular flexibility index (Phi) is 7.55. The summed E-state index contributed by atoms with van der Waals surface area (Å²) in [7, 11) is 0. The van der Waals surface area contributed by atoms with Crippen LogP contribution in [0, 0.1) is 5.82 Å². The molecule has 0 unspecified atom stereocenters. The summed E-state index contributed by atoms with van der Waals surface area (Å²) in [5, 5.41) is 20.4. The molecule has 1 aromatic heterocycles. The highest BCUT2D eigenvalue weighted by Crippen LogP contribution is 2.36. The molecule has 0 radical (unpaired) electrons. The zero-order chi connectivity index (χ0) is 22.5. The summed E-state index contributed by atoms with van der Waals surface area (Å²) in [6.07, 6.45) is 6.67. The summed E-state index contributed by atoms with van der Waals surface area (Å²) in [6, 6.07) is 14.1. The Balaban J connectivity index is 1.53. The molecule has 0 bridgehead atoms. The Bertz CT molecular complexity index is 992. The number of hydrogen-bond acceptors (Lipinski definition) is 4. The third-order valence-electron chi connectivity index (χ3n) is 6.31. The van der Waals surface area contributed by atoms with Crippen LogP contribution in [0.5, 0.6) is 0 Å². The number of benzene rings is 2. The highest BCUT2D eigenvalue weighted by Gasteiger charge is 2.36. The first-order valence-electron chi connectivity index (χ1n) is 11.4. The number of hydrogen-bond donors (Lipinski definition) is 1. The van der Waals surface area contributed by atoms with Crippen molar-refractivity contribution in [2.45, 2.75) is 57.2 Å². The van der Waals surface area contributed by atoms with Crippen molar-refractivity contribution in [3.63, 3.8) is 0 Å². The first-order chi connectivity index (χ1) is 15.5. The molecule has 1 saturated heterocycles. The molecule has 1 aliphatic rings. The molecule has 1 N–H and O–H groups in total. The number of nitrogens with zero attached hydrogens (tertiary/aromatic N) is 4. The van der Waals surface area contributed by atoms with Crippen molar-refractivity contribution in [2.24, 2.45) is 0 Å². The molecule has 1 aliphatic heterocycles. The van der Waals surface area contributed by atoms with Crippen molar-refractivity contribution in [1.82, 2.24) is 19.9 Å². The van der Waals surface area contributed by atoms with Crippen molar-refractivity contribution in [3.05, 3.63) is 71.1 Å². The molecule has 3 aromatic rings. The van der Waals surface area contributed by atoms with E-state index in [9.17, 15) is 9.50 Å². The van der Waals surface area contributed by atoms with Crippen LogP contribution in [0.15, 0.2) is 54.7 Å². The van der Waals surface area contributed by atoms with Gasteiger partial charge in [-0.05, 0) is 61.3 Å². The highest BCUT2D eigenvalue weighted by molar-refractivity contribution is 6.30. The SMILES string of the molecule is CCCCCCN1C[C@H](n2cc(-c3ccc(F)cc3)nn2)[C@@H](O)C[C@@H]1c1ccc(Cl)cc1. The van der Waals surface area contributed by atoms with Crippen LogP contribution in [0.2, 0.25) is 5.02 Å². The predicted octanol–water partition coefficient (Wildman–Crippen LogP) is 5.67. The molecule has 0 spiro atoms. The molecule has 5 nitrogen and oxygen atoms in total. The van der Waals surface area contributed by atoms with Gasteiger partial charge in [0.1, 0.15) is 11.5 Å². The zero-order valence-electron chi connectivity index (χ0n) is 18.4. The van der Waals surface area contributed by atoms with Gasteiger partial charge in [-0.15, -0.1) is 5.10 Å². The van der Waals surface area contributed by atoms with E-state index in [1.165, 1.54) is 37.0 Å². The minimum absolute atomic E-state index is 0.139. The second-order valence-electron chi connectivity index (χ2n) is 8.58. The van der Waals surface area contributed by atoms with E-state index in [1.807, 2.05) is 18.3 Å². The molecule has 0 saturated carbocycles. The molecule has 1 fully saturated rings. The number of halogens is 2. The minimum atomic E-state index is -0.551. The Labute approximate surface area is 193 Å². The van der Waals surface area contributed by atoms with Gasteiger partial charge in [-0.25, -0.2) is 9.07 Å². The maximum atomic E-state index is 13.3. The Morgan fingerprint density at radius 2 is 1.81 bits per heavy atom. The van der Waals surface area contributed by atoms with Gasteiger partial charge in [0, 0.05) is 23.2 Å². The zero-order valence-corrected chi connectivity index (χ0v) is 19.1. The second kappa shape index (κ2) is 10.6. The van der Waals surface area contributed by atoms with Gasteiger partial charge in [-0.2, -0.15) is 0 Å². The number of rotatable bonds is 8. The van der Waals surface area contributed by atoms with Gasteiger partial charge in [-0.3, -0.25) is 4.90 Å². The van der Waals surface area contributed by atoms with Gasteiger partial charge < -0.3 is 5.11 Å². The van der Waals surface area contributed by atoms with Crippen LogP contribution in [0.25, 0.3) is 11.3 Å². The molecule has 2 aromatic carbocycles. The molecule has 0 amide bonds. The van der Waals surface area contributed by atoms with Gasteiger partial charge in [0.05, 0.1) is 18.3 Å². The van der Waals surface area contributed by atoms with Gasteiger partial charge in [0.15, 0.2) is 0 Å². The van der Waals surface area contributed by atoms with Gasteiger partial charge in [-0.1, -0.05) is 55.1 Å². The van der Waals surface area contributed by atoms with E-state index in [0.29, 0.717) is 23.7 Å². The van der Waals surface area contributed by atoms with E-state index in [-0.39, 0.29) is 17.9 Å². The number of likely N-dealkylation sites (tertiary alicyclic amines) is 1. The Hall–Kier alpha value is -2.28. The highest BCUT2D eigenvalue weighted by atomic mass is 35.5. The van der Waals surface area contributed by atoms with Gasteiger partial charge >= 0.3 is 0 Å². The third kappa shape index (κ3) is 5.37. The van der Waals surface area contributed by atoms with E-state index < -0.39 is 6.10 Å². The Morgan fingerprint density at radius 1 is 1.06 bits per heavy atom. The topological polar surface area (TPSA) is 54.2 Å². The van der Waals surface area contributed by atoms with Crippen molar-refractivity contribution < 1.29 is 9.50 Å². The van der Waals surface area contributed by atoms with Crippen LogP contribution in [-0.2, 0) is 0 Å². The summed E-state index contributed by atoms with van der Waals surface area (Å²) in [5.41, 5.74) is 2.65. The standard InChI is InChI=1S/C25H30ClFN4O/c1-2-3-4-5-14-30-17-24(25(32)15-23(30)19-6-10-20(26)11-7-19)31-16-22(28-29-31)18-8-12-21(27)13-9-18/h6-13,16,23-25,32H,2-5,14-15,17H2,1H3/t23-,24+,25+/m1/s1. The van der Waals surface area contributed by atoms with Crippen molar-refractivity contribution in [1.29, 1.82) is 0 Å². The largest absolute Gasteiger partial charge is 0.391 e. The van der Waals surface area contributed by atoms with Crippen molar-refractivity contribution >= 4 is 11.6 Å². The number of unbranched alkanes of at least 4 members (excludes halogenated alkanes) is 3. The fourth-order valence-electron chi connectivity index (χ4n) is 4.50. The number of piperidine rings is 1. The first-order valence-corrected chi connectivity index (χ1v) is 11.8. The van der Waals surface area contributed by atoms with Gasteiger partial charge in [0.2, 0.25) is 0 Å². The summed E-state index contributed by atoms with van der Waals surface area (Å²) in [5.74, 6) is -0.282. The predicted molar refractivity (Wildman–Crippen MR) is 125 cm³/mol. The number of aromatic nitrogens is 3. The number of aliphatic hydroxyl groups is 1. The molecule has 170 valence electrons. The molecular formula is C25H30ClFN4O. The quantitative estimate of drug-likeness (QED) is 0.444. The van der Waals surface area contributed by atoms with Crippen LogP contribution in [-0.4, -0.2) is 44.2 Å². The lowest BCUT2D eigenvalue weighted by molar-refractivity contribution is -0.00774. The summed E-state index contributed by atoms with van der Waals surface area (Å²) < 4.78 is 15.0. The Morgan fingerprint density at radius 3 is 2.53 bits per heavy atom. The van der Waals surface area contributed by atoms with Gasteiger partial charge in [0.25, 0.3) is 0 Å². The first kappa shape index (κ1) is 22.9. The van der Waals surface area contributed by atoms with E-state index in [2.05, 4.69) is 34.3 Å². The normalized spacial score (nSPS) is 21.7. The van der Waals surface area contributed by atoms with E-state index in [4.69, 9.17) is 11.6 Å². The molecule has 0 aliphatic carbocycles.